The van der Waals surface area contributed by atoms with Gasteiger partial charge < -0.3 is 5.73 Å². The summed E-state index contributed by atoms with van der Waals surface area (Å²) in [5.74, 6) is -0.222. The Balaban J connectivity index is 2.33. The van der Waals surface area contributed by atoms with E-state index in [0.717, 1.165) is 30.6 Å². The molecule has 1 aromatic rings. The van der Waals surface area contributed by atoms with Crippen LogP contribution in [0.5, 0.6) is 0 Å². The first-order valence-electron chi connectivity index (χ1n) is 7.37. The van der Waals surface area contributed by atoms with Crippen LogP contribution in [0.15, 0.2) is 36.4 Å². The number of hydrogen-bond acceptors (Lipinski definition) is 2. The molecule has 0 aromatic heterocycles. The normalized spacial score (nSPS) is 20.6. The first kappa shape index (κ1) is 15.2. The molecular weight excluding hydrogens is 251 g/mol. The van der Waals surface area contributed by atoms with Crippen LogP contribution in [-0.4, -0.2) is 24.0 Å². The van der Waals surface area contributed by atoms with Crippen molar-refractivity contribution in [1.82, 2.24) is 4.90 Å². The molecule has 2 nitrogen and oxygen atoms in total. The van der Waals surface area contributed by atoms with E-state index in [4.69, 9.17) is 5.73 Å². The van der Waals surface area contributed by atoms with Crippen LogP contribution in [0.1, 0.15) is 38.7 Å². The fourth-order valence-electron chi connectivity index (χ4n) is 3.21. The monoisotopic (exact) mass is 276 g/mol. The van der Waals surface area contributed by atoms with Crippen LogP contribution in [0, 0.1) is 5.82 Å². The van der Waals surface area contributed by atoms with Crippen molar-refractivity contribution in [3.63, 3.8) is 0 Å². The van der Waals surface area contributed by atoms with Crippen LogP contribution in [0.3, 0.4) is 0 Å². The molecule has 2 N–H and O–H groups in total. The first-order valence-corrected chi connectivity index (χ1v) is 7.37. The van der Waals surface area contributed by atoms with Gasteiger partial charge in [-0.2, -0.15) is 0 Å². The Kier molecular flexibility index (Phi) is 4.61. The molecule has 20 heavy (non-hydrogen) atoms. The molecule has 1 heterocycles. The van der Waals surface area contributed by atoms with Crippen LogP contribution in [0.4, 0.5) is 4.39 Å². The van der Waals surface area contributed by atoms with Crippen molar-refractivity contribution in [1.29, 1.82) is 0 Å². The summed E-state index contributed by atoms with van der Waals surface area (Å²) in [4.78, 5) is 2.44. The van der Waals surface area contributed by atoms with Gasteiger partial charge >= 0.3 is 0 Å². The standard InChI is InChI=1S/C17H25FN2/c1-13(2)12-17(19,14(3)20-10-4-5-11-20)15-6-8-16(18)9-7-15/h6-9,14H,1,4-5,10-12,19H2,2-3H3. The molecule has 1 aliphatic rings. The molecular formula is C17H25FN2. The van der Waals surface area contributed by atoms with E-state index in [2.05, 4.69) is 18.4 Å². The molecule has 1 aromatic carbocycles. The van der Waals surface area contributed by atoms with Crippen molar-refractivity contribution in [2.75, 3.05) is 13.1 Å². The maximum atomic E-state index is 13.2. The van der Waals surface area contributed by atoms with E-state index in [1.807, 2.05) is 19.1 Å². The number of hydrogen-bond donors (Lipinski definition) is 1. The highest BCUT2D eigenvalue weighted by molar-refractivity contribution is 5.29. The summed E-state index contributed by atoms with van der Waals surface area (Å²) in [6.45, 7) is 10.4. The van der Waals surface area contributed by atoms with Gasteiger partial charge in [-0.25, -0.2) is 4.39 Å². The number of benzene rings is 1. The second-order valence-corrected chi connectivity index (χ2v) is 6.10. The Morgan fingerprint density at radius 2 is 1.90 bits per heavy atom. The fourth-order valence-corrected chi connectivity index (χ4v) is 3.21. The van der Waals surface area contributed by atoms with Gasteiger partial charge in [0.2, 0.25) is 0 Å². The maximum absolute atomic E-state index is 13.2. The zero-order valence-corrected chi connectivity index (χ0v) is 12.5. The quantitative estimate of drug-likeness (QED) is 0.835. The smallest absolute Gasteiger partial charge is 0.123 e. The minimum atomic E-state index is -0.510. The van der Waals surface area contributed by atoms with E-state index in [0.29, 0.717) is 0 Å². The van der Waals surface area contributed by atoms with Gasteiger partial charge in [-0.05, 0) is 63.9 Å². The van der Waals surface area contributed by atoms with Crippen molar-refractivity contribution < 1.29 is 4.39 Å². The SMILES string of the molecule is C=C(C)CC(N)(c1ccc(F)cc1)C(C)N1CCCC1. The van der Waals surface area contributed by atoms with E-state index >= 15 is 0 Å². The Morgan fingerprint density at radius 1 is 1.35 bits per heavy atom. The van der Waals surface area contributed by atoms with Gasteiger partial charge in [0.25, 0.3) is 0 Å². The number of nitrogens with two attached hydrogens (primary N) is 1. The average Bonchev–Trinajstić information content (AvgIpc) is 2.91. The maximum Gasteiger partial charge on any atom is 0.123 e. The summed E-state index contributed by atoms with van der Waals surface area (Å²) in [6.07, 6.45) is 3.18. The third-order valence-corrected chi connectivity index (χ3v) is 4.41. The third-order valence-electron chi connectivity index (χ3n) is 4.41. The van der Waals surface area contributed by atoms with Crippen molar-refractivity contribution in [2.45, 2.75) is 44.7 Å². The molecule has 1 aliphatic heterocycles. The van der Waals surface area contributed by atoms with Gasteiger partial charge in [-0.15, -0.1) is 6.58 Å². The predicted molar refractivity (Wildman–Crippen MR) is 82.0 cm³/mol. The lowest BCUT2D eigenvalue weighted by Gasteiger charge is -2.41. The van der Waals surface area contributed by atoms with E-state index < -0.39 is 5.54 Å². The van der Waals surface area contributed by atoms with Crippen LogP contribution >= 0.6 is 0 Å². The van der Waals surface area contributed by atoms with E-state index in [-0.39, 0.29) is 11.9 Å². The van der Waals surface area contributed by atoms with Gasteiger partial charge in [-0.3, -0.25) is 4.90 Å². The van der Waals surface area contributed by atoms with Gasteiger partial charge in [0, 0.05) is 6.04 Å². The number of likely N-dealkylation sites (tertiary alicyclic amines) is 1. The minimum Gasteiger partial charge on any atom is -0.320 e. The van der Waals surface area contributed by atoms with Crippen molar-refractivity contribution in [3.05, 3.63) is 47.8 Å². The lowest BCUT2D eigenvalue weighted by atomic mass is 9.79. The number of rotatable bonds is 5. The molecule has 2 atom stereocenters. The topological polar surface area (TPSA) is 29.3 Å². The zero-order valence-electron chi connectivity index (χ0n) is 12.5. The molecule has 0 bridgehead atoms. The highest BCUT2D eigenvalue weighted by Crippen LogP contribution is 2.33. The predicted octanol–water partition coefficient (Wildman–Crippen LogP) is 3.43. The van der Waals surface area contributed by atoms with E-state index in [1.54, 1.807) is 0 Å². The van der Waals surface area contributed by atoms with Crippen LogP contribution in [0.25, 0.3) is 0 Å². The highest BCUT2D eigenvalue weighted by atomic mass is 19.1. The number of nitrogens with zero attached hydrogens (tertiary/aromatic N) is 1. The summed E-state index contributed by atoms with van der Waals surface area (Å²) < 4.78 is 13.2. The minimum absolute atomic E-state index is 0.215. The molecule has 110 valence electrons. The summed E-state index contributed by atoms with van der Waals surface area (Å²) in [5, 5.41) is 0. The van der Waals surface area contributed by atoms with Crippen LogP contribution in [0.2, 0.25) is 0 Å². The van der Waals surface area contributed by atoms with Crippen molar-refractivity contribution in [2.24, 2.45) is 5.73 Å². The Bertz CT molecular complexity index is 462. The molecule has 2 unspecified atom stereocenters. The molecule has 0 spiro atoms. The van der Waals surface area contributed by atoms with Crippen LogP contribution < -0.4 is 5.73 Å². The summed E-state index contributed by atoms with van der Waals surface area (Å²) >= 11 is 0. The molecule has 1 saturated heterocycles. The van der Waals surface area contributed by atoms with E-state index in [9.17, 15) is 4.39 Å². The van der Waals surface area contributed by atoms with Crippen molar-refractivity contribution in [3.8, 4) is 0 Å². The second-order valence-electron chi connectivity index (χ2n) is 6.10. The van der Waals surface area contributed by atoms with Gasteiger partial charge in [0.1, 0.15) is 5.82 Å². The van der Waals surface area contributed by atoms with Crippen LogP contribution in [-0.2, 0) is 5.54 Å². The fraction of sp³-hybridized carbons (Fsp3) is 0.529. The second kappa shape index (κ2) is 6.06. The Labute approximate surface area is 121 Å². The molecule has 1 fully saturated rings. The third kappa shape index (κ3) is 3.10. The molecule has 3 heteroatoms. The lowest BCUT2D eigenvalue weighted by molar-refractivity contribution is 0.159. The average molecular weight is 276 g/mol. The zero-order chi connectivity index (χ0) is 14.8. The van der Waals surface area contributed by atoms with Gasteiger partial charge in [0.05, 0.1) is 5.54 Å². The molecule has 0 saturated carbocycles. The summed E-state index contributed by atoms with van der Waals surface area (Å²) in [5.41, 5.74) is 8.30. The Morgan fingerprint density at radius 3 is 2.40 bits per heavy atom. The molecule has 2 rings (SSSR count). The lowest BCUT2D eigenvalue weighted by Crippen LogP contribution is -2.54. The van der Waals surface area contributed by atoms with E-state index in [1.165, 1.54) is 25.0 Å². The summed E-state index contributed by atoms with van der Waals surface area (Å²) in [7, 11) is 0. The van der Waals surface area contributed by atoms with Gasteiger partial charge in [-0.1, -0.05) is 17.7 Å². The summed E-state index contributed by atoms with van der Waals surface area (Å²) in [6, 6.07) is 6.82. The first-order chi connectivity index (χ1) is 9.43. The van der Waals surface area contributed by atoms with Crippen molar-refractivity contribution >= 4 is 0 Å². The molecule has 0 amide bonds. The van der Waals surface area contributed by atoms with Gasteiger partial charge in [0.15, 0.2) is 0 Å². The molecule has 0 aliphatic carbocycles. The number of halogens is 1. The largest absolute Gasteiger partial charge is 0.320 e. The highest BCUT2D eigenvalue weighted by Gasteiger charge is 2.38. The molecule has 0 radical (unpaired) electrons. The Hall–Kier alpha value is -1.19.